The number of aliphatic imine (C=N–C) groups is 1. The third-order valence-electron chi connectivity index (χ3n) is 4.78. The highest BCUT2D eigenvalue weighted by atomic mass is 16.5. The molecule has 28 heavy (non-hydrogen) atoms. The Morgan fingerprint density at radius 1 is 1.18 bits per heavy atom. The summed E-state index contributed by atoms with van der Waals surface area (Å²) < 4.78 is 21.4. The molecular formula is C20H31N3O5. The van der Waals surface area contributed by atoms with E-state index in [9.17, 15) is 4.79 Å². The van der Waals surface area contributed by atoms with Gasteiger partial charge in [-0.3, -0.25) is 9.79 Å². The van der Waals surface area contributed by atoms with Gasteiger partial charge in [0.2, 0.25) is 0 Å². The number of nitrogens with zero attached hydrogens (tertiary/aromatic N) is 2. The number of nitrogens with one attached hydrogen (secondary N) is 1. The maximum Gasteiger partial charge on any atom is 0.310 e. The molecule has 1 N–H and O–H groups in total. The van der Waals surface area contributed by atoms with Crippen molar-refractivity contribution in [2.24, 2.45) is 10.9 Å². The van der Waals surface area contributed by atoms with Crippen molar-refractivity contribution in [1.82, 2.24) is 10.2 Å². The lowest BCUT2D eigenvalue weighted by Gasteiger charge is -2.34. The first-order valence-electron chi connectivity index (χ1n) is 9.49. The molecule has 8 nitrogen and oxygen atoms in total. The van der Waals surface area contributed by atoms with Crippen LogP contribution in [0.4, 0.5) is 0 Å². The van der Waals surface area contributed by atoms with Crippen LogP contribution in [0.15, 0.2) is 17.1 Å². The van der Waals surface area contributed by atoms with Crippen LogP contribution < -0.4 is 19.5 Å². The standard InChI is InChI=1S/C20H31N3O5/c1-6-28-19(24)14-8-7-9-23(13-14)20(21-2)22-12-15-10-17(26-4)18(27-5)11-16(15)25-3/h10-11,14H,6-9,12-13H2,1-5H3,(H,21,22). The maximum absolute atomic E-state index is 12.1. The van der Waals surface area contributed by atoms with Gasteiger partial charge in [0.25, 0.3) is 0 Å². The fourth-order valence-corrected chi connectivity index (χ4v) is 3.36. The Morgan fingerprint density at radius 3 is 2.46 bits per heavy atom. The number of hydrogen-bond acceptors (Lipinski definition) is 6. The van der Waals surface area contributed by atoms with Crippen LogP contribution in [-0.4, -0.2) is 64.9 Å². The molecule has 0 saturated carbocycles. The summed E-state index contributed by atoms with van der Waals surface area (Å²) in [6.45, 7) is 4.17. The number of piperidine rings is 1. The van der Waals surface area contributed by atoms with Crippen LogP contribution in [0, 0.1) is 5.92 Å². The van der Waals surface area contributed by atoms with E-state index in [0.717, 1.165) is 30.9 Å². The zero-order valence-corrected chi connectivity index (χ0v) is 17.4. The Hall–Kier alpha value is -2.64. The third-order valence-corrected chi connectivity index (χ3v) is 4.78. The summed E-state index contributed by atoms with van der Waals surface area (Å²) in [4.78, 5) is 18.6. The van der Waals surface area contributed by atoms with Crippen LogP contribution in [0.5, 0.6) is 17.2 Å². The first-order valence-corrected chi connectivity index (χ1v) is 9.49. The van der Waals surface area contributed by atoms with Crippen molar-refractivity contribution < 1.29 is 23.7 Å². The second-order valence-electron chi connectivity index (χ2n) is 6.46. The van der Waals surface area contributed by atoms with Crippen molar-refractivity contribution in [2.75, 3.05) is 48.1 Å². The molecule has 0 spiro atoms. The second kappa shape index (κ2) is 10.6. The average Bonchev–Trinajstić information content (AvgIpc) is 2.74. The summed E-state index contributed by atoms with van der Waals surface area (Å²) in [7, 11) is 6.55. The van der Waals surface area contributed by atoms with Crippen molar-refractivity contribution in [3.05, 3.63) is 17.7 Å². The van der Waals surface area contributed by atoms with Gasteiger partial charge in [0.1, 0.15) is 5.75 Å². The zero-order valence-electron chi connectivity index (χ0n) is 17.4. The van der Waals surface area contributed by atoms with Gasteiger partial charge in [-0.25, -0.2) is 0 Å². The Balaban J connectivity index is 2.08. The molecule has 1 aliphatic heterocycles. The van der Waals surface area contributed by atoms with Crippen LogP contribution >= 0.6 is 0 Å². The lowest BCUT2D eigenvalue weighted by atomic mass is 9.98. The third kappa shape index (κ3) is 5.21. The molecule has 8 heteroatoms. The van der Waals surface area contributed by atoms with Gasteiger partial charge in [-0.1, -0.05) is 0 Å². The second-order valence-corrected chi connectivity index (χ2v) is 6.46. The quantitative estimate of drug-likeness (QED) is 0.431. The summed E-state index contributed by atoms with van der Waals surface area (Å²) in [6.07, 6.45) is 1.76. The molecule has 1 atom stereocenters. The molecule has 1 heterocycles. The Kier molecular flexibility index (Phi) is 8.22. The number of rotatable bonds is 7. The number of carbonyl (C=O) groups excluding carboxylic acids is 1. The van der Waals surface area contributed by atoms with Gasteiger partial charge < -0.3 is 29.2 Å². The van der Waals surface area contributed by atoms with Gasteiger partial charge in [-0.15, -0.1) is 0 Å². The molecule has 0 aliphatic carbocycles. The number of carbonyl (C=O) groups is 1. The minimum absolute atomic E-state index is 0.122. The van der Waals surface area contributed by atoms with Gasteiger partial charge in [0, 0.05) is 38.3 Å². The molecule has 1 aromatic rings. The number of ether oxygens (including phenoxy) is 4. The first kappa shape index (κ1) is 21.7. The van der Waals surface area contributed by atoms with Crippen molar-refractivity contribution in [3.8, 4) is 17.2 Å². The molecule has 1 aromatic carbocycles. The van der Waals surface area contributed by atoms with E-state index in [1.807, 2.05) is 13.0 Å². The Labute approximate surface area is 166 Å². The van der Waals surface area contributed by atoms with E-state index in [1.165, 1.54) is 0 Å². The highest BCUT2D eigenvalue weighted by molar-refractivity contribution is 5.81. The minimum atomic E-state index is -0.135. The van der Waals surface area contributed by atoms with Gasteiger partial charge >= 0.3 is 5.97 Å². The number of likely N-dealkylation sites (tertiary alicyclic amines) is 1. The Morgan fingerprint density at radius 2 is 1.86 bits per heavy atom. The van der Waals surface area contributed by atoms with E-state index in [2.05, 4.69) is 15.2 Å². The van der Waals surface area contributed by atoms with E-state index in [4.69, 9.17) is 18.9 Å². The lowest BCUT2D eigenvalue weighted by Crippen LogP contribution is -2.48. The Bertz CT molecular complexity index is 693. The summed E-state index contributed by atoms with van der Waals surface area (Å²) in [5.74, 6) is 2.43. The zero-order chi connectivity index (χ0) is 20.5. The highest BCUT2D eigenvalue weighted by Crippen LogP contribution is 2.34. The normalized spacial score (nSPS) is 17.1. The largest absolute Gasteiger partial charge is 0.496 e. The molecule has 0 radical (unpaired) electrons. The van der Waals surface area contributed by atoms with Gasteiger partial charge in [0.05, 0.1) is 33.9 Å². The fourth-order valence-electron chi connectivity index (χ4n) is 3.36. The molecular weight excluding hydrogens is 362 g/mol. The smallest absolute Gasteiger partial charge is 0.310 e. The number of methoxy groups -OCH3 is 3. The molecule has 0 bridgehead atoms. The molecule has 0 amide bonds. The molecule has 1 saturated heterocycles. The van der Waals surface area contributed by atoms with E-state index >= 15 is 0 Å². The van der Waals surface area contributed by atoms with Crippen LogP contribution in [0.1, 0.15) is 25.3 Å². The molecule has 156 valence electrons. The predicted molar refractivity (Wildman–Crippen MR) is 107 cm³/mol. The first-order chi connectivity index (χ1) is 13.6. The number of hydrogen-bond donors (Lipinski definition) is 1. The molecule has 1 aliphatic rings. The SMILES string of the molecule is CCOC(=O)C1CCCN(C(=NC)NCc2cc(OC)c(OC)cc2OC)C1. The van der Waals surface area contributed by atoms with Crippen LogP contribution in [0.3, 0.4) is 0 Å². The molecule has 0 aromatic heterocycles. The topological polar surface area (TPSA) is 81.6 Å². The molecule has 2 rings (SSSR count). The maximum atomic E-state index is 12.1. The monoisotopic (exact) mass is 393 g/mol. The van der Waals surface area contributed by atoms with Crippen molar-refractivity contribution in [1.29, 1.82) is 0 Å². The van der Waals surface area contributed by atoms with Crippen molar-refractivity contribution in [3.63, 3.8) is 0 Å². The average molecular weight is 393 g/mol. The van der Waals surface area contributed by atoms with E-state index in [0.29, 0.717) is 36.9 Å². The summed E-state index contributed by atoms with van der Waals surface area (Å²) in [6, 6.07) is 3.69. The van der Waals surface area contributed by atoms with Gasteiger partial charge in [-0.05, 0) is 25.8 Å². The number of benzene rings is 1. The van der Waals surface area contributed by atoms with E-state index in [-0.39, 0.29) is 11.9 Å². The van der Waals surface area contributed by atoms with Crippen molar-refractivity contribution in [2.45, 2.75) is 26.3 Å². The van der Waals surface area contributed by atoms with Crippen LogP contribution in [0.2, 0.25) is 0 Å². The van der Waals surface area contributed by atoms with E-state index in [1.54, 1.807) is 34.4 Å². The summed E-state index contributed by atoms with van der Waals surface area (Å²) in [5, 5.41) is 3.36. The minimum Gasteiger partial charge on any atom is -0.496 e. The van der Waals surface area contributed by atoms with Crippen LogP contribution in [-0.2, 0) is 16.1 Å². The summed E-state index contributed by atoms with van der Waals surface area (Å²) in [5.41, 5.74) is 0.917. The highest BCUT2D eigenvalue weighted by Gasteiger charge is 2.28. The predicted octanol–water partition coefficient (Wildman–Crippen LogP) is 2.06. The van der Waals surface area contributed by atoms with Gasteiger partial charge in [-0.2, -0.15) is 0 Å². The summed E-state index contributed by atoms with van der Waals surface area (Å²) >= 11 is 0. The lowest BCUT2D eigenvalue weighted by molar-refractivity contribution is -0.149. The molecule has 1 fully saturated rings. The number of esters is 1. The molecule has 1 unspecified atom stereocenters. The fraction of sp³-hybridized carbons (Fsp3) is 0.600. The van der Waals surface area contributed by atoms with E-state index < -0.39 is 0 Å². The number of guanidine groups is 1. The van der Waals surface area contributed by atoms with Gasteiger partial charge in [0.15, 0.2) is 17.5 Å². The van der Waals surface area contributed by atoms with Crippen LogP contribution in [0.25, 0.3) is 0 Å². The van der Waals surface area contributed by atoms with Crippen molar-refractivity contribution >= 4 is 11.9 Å².